The van der Waals surface area contributed by atoms with Crippen LogP contribution < -0.4 is 5.32 Å². The van der Waals surface area contributed by atoms with Gasteiger partial charge in [-0.2, -0.15) is 0 Å². The van der Waals surface area contributed by atoms with E-state index >= 15 is 0 Å². The van der Waals surface area contributed by atoms with Crippen LogP contribution in [0.1, 0.15) is 38.7 Å². The molecule has 0 bridgehead atoms. The van der Waals surface area contributed by atoms with E-state index in [0.29, 0.717) is 18.1 Å². The van der Waals surface area contributed by atoms with E-state index in [4.69, 9.17) is 4.74 Å². The molecule has 2 aliphatic rings. The zero-order valence-electron chi connectivity index (χ0n) is 12.2. The molecular formula is C17H25NO. The highest BCUT2D eigenvalue weighted by molar-refractivity contribution is 5.19. The lowest BCUT2D eigenvalue weighted by Gasteiger charge is -2.55. The molecule has 0 amide bonds. The molecule has 1 aromatic carbocycles. The molecule has 1 aromatic rings. The second kappa shape index (κ2) is 4.92. The third-order valence-electron chi connectivity index (χ3n) is 5.11. The second-order valence-electron chi connectivity index (χ2n) is 6.76. The van der Waals surface area contributed by atoms with E-state index in [2.05, 4.69) is 56.4 Å². The number of nitrogens with one attached hydrogen (secondary N) is 1. The Kier molecular flexibility index (Phi) is 3.40. The van der Waals surface area contributed by atoms with Crippen molar-refractivity contribution < 1.29 is 4.74 Å². The number of ether oxygens (including phenoxy) is 1. The zero-order chi connectivity index (χ0) is 13.5. The summed E-state index contributed by atoms with van der Waals surface area (Å²) in [5, 5.41) is 3.80. The smallest absolute Gasteiger partial charge is 0.0685 e. The lowest BCUT2D eigenvalue weighted by molar-refractivity contribution is -0.112. The third-order valence-corrected chi connectivity index (χ3v) is 5.11. The van der Waals surface area contributed by atoms with Gasteiger partial charge in [-0.15, -0.1) is 0 Å². The minimum absolute atomic E-state index is 0.289. The van der Waals surface area contributed by atoms with Crippen molar-refractivity contribution in [2.24, 2.45) is 11.3 Å². The predicted molar refractivity (Wildman–Crippen MR) is 78.3 cm³/mol. The van der Waals surface area contributed by atoms with E-state index in [1.165, 1.54) is 12.0 Å². The molecule has 1 aliphatic heterocycles. The summed E-state index contributed by atoms with van der Waals surface area (Å²) in [6, 6.07) is 11.4. The monoisotopic (exact) mass is 259 g/mol. The van der Waals surface area contributed by atoms with Crippen LogP contribution in [-0.2, 0) is 4.74 Å². The lowest BCUT2D eigenvalue weighted by Crippen LogP contribution is -2.66. The van der Waals surface area contributed by atoms with E-state index in [9.17, 15) is 0 Å². The maximum absolute atomic E-state index is 5.85. The Labute approximate surface area is 116 Å². The Morgan fingerprint density at radius 2 is 2.05 bits per heavy atom. The number of fused-ring (bicyclic) bond motifs is 1. The average Bonchev–Trinajstić information content (AvgIpc) is 2.86. The molecule has 2 fully saturated rings. The average molecular weight is 259 g/mol. The molecule has 4 unspecified atom stereocenters. The predicted octanol–water partition coefficient (Wildman–Crippen LogP) is 3.19. The fourth-order valence-corrected chi connectivity index (χ4v) is 3.94. The van der Waals surface area contributed by atoms with Gasteiger partial charge >= 0.3 is 0 Å². The summed E-state index contributed by atoms with van der Waals surface area (Å²) in [5.74, 6) is 1.30. The van der Waals surface area contributed by atoms with E-state index in [-0.39, 0.29) is 5.41 Å². The van der Waals surface area contributed by atoms with Crippen LogP contribution in [0.5, 0.6) is 0 Å². The van der Waals surface area contributed by atoms with Crippen LogP contribution in [0.15, 0.2) is 30.3 Å². The number of hydrogen-bond donors (Lipinski definition) is 1. The van der Waals surface area contributed by atoms with Crippen molar-refractivity contribution in [3.8, 4) is 0 Å². The molecule has 2 heteroatoms. The maximum Gasteiger partial charge on any atom is 0.0685 e. The summed E-state index contributed by atoms with van der Waals surface area (Å²) in [4.78, 5) is 0. The molecule has 1 saturated heterocycles. The highest BCUT2D eigenvalue weighted by atomic mass is 16.5. The quantitative estimate of drug-likeness (QED) is 0.896. The van der Waals surface area contributed by atoms with Gasteiger partial charge in [-0.25, -0.2) is 0 Å². The van der Waals surface area contributed by atoms with Crippen LogP contribution in [0.2, 0.25) is 0 Å². The van der Waals surface area contributed by atoms with Gasteiger partial charge in [0.25, 0.3) is 0 Å². The van der Waals surface area contributed by atoms with Gasteiger partial charge in [0.15, 0.2) is 0 Å². The van der Waals surface area contributed by atoms with Crippen molar-refractivity contribution in [3.63, 3.8) is 0 Å². The van der Waals surface area contributed by atoms with Gasteiger partial charge in [0.05, 0.1) is 6.10 Å². The summed E-state index contributed by atoms with van der Waals surface area (Å²) in [7, 11) is 0. The van der Waals surface area contributed by atoms with Gasteiger partial charge in [-0.3, -0.25) is 0 Å². The van der Waals surface area contributed by atoms with Crippen molar-refractivity contribution in [1.29, 1.82) is 0 Å². The van der Waals surface area contributed by atoms with Crippen LogP contribution in [-0.4, -0.2) is 25.3 Å². The molecule has 2 nitrogen and oxygen atoms in total. The normalized spacial score (nSPS) is 33.5. The largest absolute Gasteiger partial charge is 0.377 e. The van der Waals surface area contributed by atoms with Crippen molar-refractivity contribution in [1.82, 2.24) is 5.32 Å². The van der Waals surface area contributed by atoms with Crippen LogP contribution >= 0.6 is 0 Å². The van der Waals surface area contributed by atoms with Crippen LogP contribution in [0.4, 0.5) is 0 Å². The topological polar surface area (TPSA) is 21.3 Å². The zero-order valence-corrected chi connectivity index (χ0v) is 12.2. The summed E-state index contributed by atoms with van der Waals surface area (Å²) < 4.78 is 5.85. The van der Waals surface area contributed by atoms with E-state index in [1.54, 1.807) is 0 Å². The first-order chi connectivity index (χ1) is 9.10. The van der Waals surface area contributed by atoms with Crippen molar-refractivity contribution in [2.45, 2.75) is 45.3 Å². The molecule has 0 radical (unpaired) electrons. The fraction of sp³-hybridized carbons (Fsp3) is 0.647. The molecular weight excluding hydrogens is 234 g/mol. The standard InChI is InChI=1S/C17H25NO/c1-12(13-7-5-4-6-8-13)11-18-15-14-9-10-19-16(14)17(15,2)3/h4-8,12,14-16,18H,9-11H2,1-3H3. The first kappa shape index (κ1) is 13.1. The molecule has 0 aromatic heterocycles. The molecule has 104 valence electrons. The SMILES string of the molecule is CC(CNC1C2CCOC2C1(C)C)c1ccccc1. The first-order valence-electron chi connectivity index (χ1n) is 7.50. The minimum atomic E-state index is 0.289. The minimum Gasteiger partial charge on any atom is -0.377 e. The summed E-state index contributed by atoms with van der Waals surface area (Å²) in [6.45, 7) is 8.98. The summed E-state index contributed by atoms with van der Waals surface area (Å²) in [6.07, 6.45) is 1.71. The lowest BCUT2D eigenvalue weighted by atomic mass is 9.57. The summed E-state index contributed by atoms with van der Waals surface area (Å²) in [5.41, 5.74) is 1.71. The fourth-order valence-electron chi connectivity index (χ4n) is 3.94. The Hall–Kier alpha value is -0.860. The Morgan fingerprint density at radius 3 is 2.79 bits per heavy atom. The Balaban J connectivity index is 1.58. The summed E-state index contributed by atoms with van der Waals surface area (Å²) >= 11 is 0. The van der Waals surface area contributed by atoms with E-state index in [1.807, 2.05) is 0 Å². The maximum atomic E-state index is 5.85. The molecule has 3 rings (SSSR count). The highest BCUT2D eigenvalue weighted by Gasteiger charge is 2.58. The van der Waals surface area contributed by atoms with Gasteiger partial charge in [-0.05, 0) is 17.9 Å². The highest BCUT2D eigenvalue weighted by Crippen LogP contribution is 2.52. The van der Waals surface area contributed by atoms with Gasteiger partial charge < -0.3 is 10.1 Å². The van der Waals surface area contributed by atoms with Crippen LogP contribution in [0.25, 0.3) is 0 Å². The number of benzene rings is 1. The molecule has 4 atom stereocenters. The van der Waals surface area contributed by atoms with E-state index < -0.39 is 0 Å². The van der Waals surface area contributed by atoms with Crippen molar-refractivity contribution >= 4 is 0 Å². The Bertz CT molecular complexity index is 428. The molecule has 1 N–H and O–H groups in total. The van der Waals surface area contributed by atoms with Crippen LogP contribution in [0.3, 0.4) is 0 Å². The van der Waals surface area contributed by atoms with Gasteiger partial charge in [-0.1, -0.05) is 51.1 Å². The Morgan fingerprint density at radius 1 is 1.32 bits per heavy atom. The first-order valence-corrected chi connectivity index (χ1v) is 7.50. The second-order valence-corrected chi connectivity index (χ2v) is 6.76. The van der Waals surface area contributed by atoms with Crippen molar-refractivity contribution in [3.05, 3.63) is 35.9 Å². The van der Waals surface area contributed by atoms with Crippen molar-refractivity contribution in [2.75, 3.05) is 13.2 Å². The van der Waals surface area contributed by atoms with E-state index in [0.717, 1.165) is 19.1 Å². The van der Waals surface area contributed by atoms with Crippen LogP contribution in [0, 0.1) is 11.3 Å². The van der Waals surface area contributed by atoms with Gasteiger partial charge in [0.1, 0.15) is 0 Å². The molecule has 19 heavy (non-hydrogen) atoms. The third kappa shape index (κ3) is 2.21. The number of rotatable bonds is 4. The van der Waals surface area contributed by atoms with Gasteiger partial charge in [0.2, 0.25) is 0 Å². The molecule has 0 spiro atoms. The molecule has 1 saturated carbocycles. The van der Waals surface area contributed by atoms with Gasteiger partial charge in [0, 0.05) is 30.5 Å². The molecule has 1 aliphatic carbocycles. The molecule has 1 heterocycles. The number of hydrogen-bond acceptors (Lipinski definition) is 2.